The number of amides is 2. The summed E-state index contributed by atoms with van der Waals surface area (Å²) in [4.78, 5) is 26.3. The van der Waals surface area contributed by atoms with Gasteiger partial charge in [0, 0.05) is 44.4 Å². The number of nitrogens with zero attached hydrogens (tertiary/aromatic N) is 3. The van der Waals surface area contributed by atoms with Gasteiger partial charge in [0.1, 0.15) is 11.8 Å². The van der Waals surface area contributed by atoms with Gasteiger partial charge >= 0.3 is 11.8 Å². The van der Waals surface area contributed by atoms with Crippen LogP contribution < -0.4 is 15.5 Å². The predicted octanol–water partition coefficient (Wildman–Crippen LogP) is 1.89. The lowest BCUT2D eigenvalue weighted by Gasteiger charge is -2.16. The highest BCUT2D eigenvalue weighted by molar-refractivity contribution is 6.39. The van der Waals surface area contributed by atoms with Gasteiger partial charge in [-0.2, -0.15) is 5.10 Å². The Morgan fingerprint density at radius 2 is 1.93 bits per heavy atom. The molecular weight excluding hydrogens is 346 g/mol. The minimum Gasteiger partial charge on any atom is -0.467 e. The number of furan rings is 1. The third-order valence-electron chi connectivity index (χ3n) is 4.02. The van der Waals surface area contributed by atoms with Gasteiger partial charge in [0.2, 0.25) is 0 Å². The van der Waals surface area contributed by atoms with Crippen LogP contribution in [0.15, 0.2) is 65.5 Å². The fourth-order valence-electron chi connectivity index (χ4n) is 2.57. The molecule has 0 spiro atoms. The minimum absolute atomic E-state index is 0.168. The molecule has 8 heteroatoms. The van der Waals surface area contributed by atoms with Gasteiger partial charge in [0.05, 0.1) is 6.26 Å². The molecule has 27 heavy (non-hydrogen) atoms. The van der Waals surface area contributed by atoms with Crippen LogP contribution >= 0.6 is 0 Å². The van der Waals surface area contributed by atoms with E-state index in [1.807, 2.05) is 31.1 Å². The summed E-state index contributed by atoms with van der Waals surface area (Å²) < 4.78 is 7.09. The molecule has 0 aliphatic heterocycles. The normalized spacial score (nSPS) is 11.6. The van der Waals surface area contributed by atoms with E-state index in [1.165, 1.54) is 0 Å². The largest absolute Gasteiger partial charge is 0.467 e. The number of nitrogens with one attached hydrogen (secondary N) is 2. The first-order valence-electron chi connectivity index (χ1n) is 8.43. The first-order valence-corrected chi connectivity index (χ1v) is 8.43. The molecule has 140 valence electrons. The van der Waals surface area contributed by atoms with Gasteiger partial charge in [0.15, 0.2) is 0 Å². The fourth-order valence-corrected chi connectivity index (χ4v) is 2.57. The first-order chi connectivity index (χ1) is 13.0. The average Bonchev–Trinajstić information content (AvgIpc) is 3.36. The van der Waals surface area contributed by atoms with E-state index < -0.39 is 11.8 Å². The number of hydrogen-bond acceptors (Lipinski definition) is 5. The first kappa shape index (κ1) is 18.2. The summed E-state index contributed by atoms with van der Waals surface area (Å²) in [5, 5.41) is 9.40. The smallest absolute Gasteiger partial charge is 0.313 e. The van der Waals surface area contributed by atoms with E-state index in [0.717, 1.165) is 5.69 Å². The Balaban J connectivity index is 1.59. The molecule has 1 unspecified atom stereocenters. The maximum Gasteiger partial charge on any atom is 0.313 e. The molecule has 2 heterocycles. The maximum atomic E-state index is 12.2. The predicted molar refractivity (Wildman–Crippen MR) is 101 cm³/mol. The number of carbonyl (C=O) groups excluding carboxylic acids is 2. The maximum absolute atomic E-state index is 12.2. The summed E-state index contributed by atoms with van der Waals surface area (Å²) in [5.41, 5.74) is 1.55. The SMILES string of the molecule is CN(C)c1ccc(NC(=O)C(=O)NCC(c2ccco2)n2cccn2)cc1. The second-order valence-electron chi connectivity index (χ2n) is 6.12. The third-order valence-corrected chi connectivity index (χ3v) is 4.02. The molecule has 0 fully saturated rings. The Labute approximate surface area is 156 Å². The highest BCUT2D eigenvalue weighted by atomic mass is 16.3. The summed E-state index contributed by atoms with van der Waals surface area (Å²) >= 11 is 0. The van der Waals surface area contributed by atoms with E-state index in [1.54, 1.807) is 53.7 Å². The Morgan fingerprint density at radius 3 is 2.52 bits per heavy atom. The molecule has 2 N–H and O–H groups in total. The van der Waals surface area contributed by atoms with Gasteiger partial charge in [-0.3, -0.25) is 14.3 Å². The number of hydrogen-bond donors (Lipinski definition) is 2. The molecule has 0 saturated carbocycles. The summed E-state index contributed by atoms with van der Waals surface area (Å²) in [5.74, 6) is -0.819. The number of benzene rings is 1. The number of carbonyl (C=O) groups is 2. The van der Waals surface area contributed by atoms with Crippen molar-refractivity contribution in [2.45, 2.75) is 6.04 Å². The van der Waals surface area contributed by atoms with Crippen LogP contribution in [0.1, 0.15) is 11.8 Å². The van der Waals surface area contributed by atoms with Crippen molar-refractivity contribution in [2.75, 3.05) is 30.9 Å². The molecule has 3 aromatic rings. The van der Waals surface area contributed by atoms with Gasteiger partial charge in [0.25, 0.3) is 0 Å². The number of aromatic nitrogens is 2. The van der Waals surface area contributed by atoms with Gasteiger partial charge in [-0.25, -0.2) is 0 Å². The van der Waals surface area contributed by atoms with Crippen molar-refractivity contribution in [3.05, 3.63) is 66.9 Å². The standard InChI is InChI=1S/C19H21N5O3/c1-23(2)15-8-6-14(7-9-15)22-19(26)18(25)20-13-16(17-5-3-12-27-17)24-11-4-10-21-24/h3-12,16H,13H2,1-2H3,(H,20,25)(H,22,26). The average molecular weight is 367 g/mol. The zero-order valence-corrected chi connectivity index (χ0v) is 15.1. The molecule has 8 nitrogen and oxygen atoms in total. The van der Waals surface area contributed by atoms with Gasteiger partial charge in [-0.1, -0.05) is 0 Å². The van der Waals surface area contributed by atoms with Crippen molar-refractivity contribution < 1.29 is 14.0 Å². The van der Waals surface area contributed by atoms with Gasteiger partial charge in [-0.05, 0) is 42.5 Å². The van der Waals surface area contributed by atoms with Crippen molar-refractivity contribution in [2.24, 2.45) is 0 Å². The van der Waals surface area contributed by atoms with E-state index in [2.05, 4.69) is 15.7 Å². The molecular formula is C19H21N5O3. The molecule has 2 amide bonds. The van der Waals surface area contributed by atoms with E-state index in [4.69, 9.17) is 4.42 Å². The lowest BCUT2D eigenvalue weighted by molar-refractivity contribution is -0.136. The summed E-state index contributed by atoms with van der Waals surface area (Å²) in [6.45, 7) is 0.168. The summed E-state index contributed by atoms with van der Waals surface area (Å²) in [6.07, 6.45) is 4.96. The fraction of sp³-hybridized carbons (Fsp3) is 0.211. The summed E-state index contributed by atoms with van der Waals surface area (Å²) in [7, 11) is 3.85. The van der Waals surface area contributed by atoms with Crippen molar-refractivity contribution in [3.8, 4) is 0 Å². The van der Waals surface area contributed by atoms with Crippen LogP contribution in [0.25, 0.3) is 0 Å². The molecule has 0 radical (unpaired) electrons. The van der Waals surface area contributed by atoms with Crippen molar-refractivity contribution in [3.63, 3.8) is 0 Å². The molecule has 0 saturated heterocycles. The van der Waals surface area contributed by atoms with Crippen LogP contribution in [-0.2, 0) is 9.59 Å². The zero-order valence-electron chi connectivity index (χ0n) is 15.1. The van der Waals surface area contributed by atoms with Crippen LogP contribution in [0.5, 0.6) is 0 Å². The van der Waals surface area contributed by atoms with Gasteiger partial charge in [-0.15, -0.1) is 0 Å². The Morgan fingerprint density at radius 1 is 1.15 bits per heavy atom. The van der Waals surface area contributed by atoms with Crippen molar-refractivity contribution in [1.82, 2.24) is 15.1 Å². The van der Waals surface area contributed by atoms with Crippen LogP contribution in [0, 0.1) is 0 Å². The van der Waals surface area contributed by atoms with Crippen molar-refractivity contribution in [1.29, 1.82) is 0 Å². The molecule has 0 aliphatic rings. The Hall–Kier alpha value is -3.55. The highest BCUT2D eigenvalue weighted by Gasteiger charge is 2.20. The lowest BCUT2D eigenvalue weighted by atomic mass is 10.2. The van der Waals surface area contributed by atoms with Crippen LogP contribution in [0.4, 0.5) is 11.4 Å². The number of anilines is 2. The van der Waals surface area contributed by atoms with E-state index in [9.17, 15) is 9.59 Å². The highest BCUT2D eigenvalue weighted by Crippen LogP contribution is 2.17. The quantitative estimate of drug-likeness (QED) is 0.649. The van der Waals surface area contributed by atoms with Crippen LogP contribution in [-0.4, -0.2) is 42.2 Å². The van der Waals surface area contributed by atoms with E-state index >= 15 is 0 Å². The Kier molecular flexibility index (Phi) is 5.55. The van der Waals surface area contributed by atoms with E-state index in [0.29, 0.717) is 11.4 Å². The Bertz CT molecular complexity index is 836. The monoisotopic (exact) mass is 367 g/mol. The zero-order chi connectivity index (χ0) is 19.2. The van der Waals surface area contributed by atoms with Crippen LogP contribution in [0.2, 0.25) is 0 Å². The third kappa shape index (κ3) is 4.55. The number of rotatable bonds is 6. The minimum atomic E-state index is -0.730. The summed E-state index contributed by atoms with van der Waals surface area (Å²) in [6, 6.07) is 12.2. The lowest BCUT2D eigenvalue weighted by Crippen LogP contribution is -2.38. The molecule has 2 aromatic heterocycles. The topological polar surface area (TPSA) is 92.4 Å². The van der Waals surface area contributed by atoms with Crippen molar-refractivity contribution >= 4 is 23.2 Å². The van der Waals surface area contributed by atoms with E-state index in [-0.39, 0.29) is 12.6 Å². The second kappa shape index (κ2) is 8.22. The molecule has 3 rings (SSSR count). The molecule has 0 bridgehead atoms. The van der Waals surface area contributed by atoms with Gasteiger partial charge < -0.3 is 20.0 Å². The molecule has 1 atom stereocenters. The molecule has 1 aromatic carbocycles. The van der Waals surface area contributed by atoms with Crippen LogP contribution in [0.3, 0.4) is 0 Å². The molecule has 0 aliphatic carbocycles. The second-order valence-corrected chi connectivity index (χ2v) is 6.12.